The molecule has 2 aromatic carbocycles. The van der Waals surface area contributed by atoms with Crippen LogP contribution in [-0.2, 0) is 14.8 Å². The van der Waals surface area contributed by atoms with E-state index in [4.69, 9.17) is 21.1 Å². The van der Waals surface area contributed by atoms with E-state index in [-0.39, 0.29) is 9.92 Å². The molecule has 0 aliphatic rings. The number of hydrogen-bond donors (Lipinski definition) is 1. The summed E-state index contributed by atoms with van der Waals surface area (Å²) in [5, 5.41) is 0.195. The lowest BCUT2D eigenvalue weighted by Gasteiger charge is -2.10. The van der Waals surface area contributed by atoms with E-state index in [0.717, 1.165) is 12.8 Å². The van der Waals surface area contributed by atoms with Crippen molar-refractivity contribution in [1.29, 1.82) is 0 Å². The van der Waals surface area contributed by atoms with Crippen LogP contribution >= 0.6 is 11.6 Å². The summed E-state index contributed by atoms with van der Waals surface area (Å²) >= 11 is 5.98. The van der Waals surface area contributed by atoms with E-state index in [0.29, 0.717) is 23.6 Å². The first kappa shape index (κ1) is 20.1. The number of esters is 1. The molecule has 0 heterocycles. The number of carbonyl (C=O) groups excluding carboxylic acids is 1. The van der Waals surface area contributed by atoms with Crippen molar-refractivity contribution < 1.29 is 22.7 Å². The lowest BCUT2D eigenvalue weighted by Crippen LogP contribution is -2.13. The molecular weight excluding hydrogens is 378 g/mol. The first-order valence-electron chi connectivity index (χ1n) is 8.01. The van der Waals surface area contributed by atoms with Crippen molar-refractivity contribution in [1.82, 2.24) is 0 Å². The molecule has 0 radical (unpaired) electrons. The van der Waals surface area contributed by atoms with E-state index >= 15 is 0 Å². The van der Waals surface area contributed by atoms with Gasteiger partial charge in [0, 0.05) is 5.69 Å². The van der Waals surface area contributed by atoms with E-state index < -0.39 is 16.0 Å². The maximum Gasteiger partial charge on any atom is 0.338 e. The molecule has 0 aromatic heterocycles. The van der Waals surface area contributed by atoms with Gasteiger partial charge in [-0.15, -0.1) is 0 Å². The van der Waals surface area contributed by atoms with Crippen LogP contribution in [0.15, 0.2) is 47.4 Å². The summed E-state index contributed by atoms with van der Waals surface area (Å²) in [6.07, 6.45) is 1.73. The SMILES string of the molecule is CCCCOC(=O)c1ccc(NS(=O)(=O)c2ccc(OC)c(Cl)c2)cc1. The van der Waals surface area contributed by atoms with Crippen molar-refractivity contribution in [2.24, 2.45) is 0 Å². The largest absolute Gasteiger partial charge is 0.495 e. The summed E-state index contributed by atoms with van der Waals surface area (Å²) in [6, 6.07) is 10.2. The van der Waals surface area contributed by atoms with Gasteiger partial charge >= 0.3 is 5.97 Å². The predicted octanol–water partition coefficient (Wildman–Crippen LogP) is 4.11. The fraction of sp³-hybridized carbons (Fsp3) is 0.278. The normalized spacial score (nSPS) is 11.0. The third kappa shape index (κ3) is 5.12. The van der Waals surface area contributed by atoms with Gasteiger partial charge in [-0.3, -0.25) is 4.72 Å². The Bertz CT molecular complexity index is 866. The summed E-state index contributed by atoms with van der Waals surface area (Å²) in [7, 11) is -2.37. The monoisotopic (exact) mass is 397 g/mol. The molecular formula is C18H20ClNO5S. The molecule has 1 N–H and O–H groups in total. The molecule has 140 valence electrons. The zero-order valence-electron chi connectivity index (χ0n) is 14.5. The Morgan fingerprint density at radius 2 is 1.85 bits per heavy atom. The highest BCUT2D eigenvalue weighted by Gasteiger charge is 2.16. The molecule has 6 nitrogen and oxygen atoms in total. The van der Waals surface area contributed by atoms with Crippen LogP contribution in [0, 0.1) is 0 Å². The molecule has 26 heavy (non-hydrogen) atoms. The number of sulfonamides is 1. The number of carbonyl (C=O) groups is 1. The Labute approximate surface area is 158 Å². The number of benzene rings is 2. The minimum atomic E-state index is -3.82. The molecule has 0 bridgehead atoms. The van der Waals surface area contributed by atoms with Gasteiger partial charge in [-0.25, -0.2) is 13.2 Å². The van der Waals surface area contributed by atoms with Crippen LogP contribution in [0.3, 0.4) is 0 Å². The summed E-state index contributed by atoms with van der Waals surface area (Å²) < 4.78 is 37.4. The molecule has 8 heteroatoms. The maximum atomic E-state index is 12.4. The summed E-state index contributed by atoms with van der Waals surface area (Å²) in [5.41, 5.74) is 0.679. The first-order chi connectivity index (χ1) is 12.4. The molecule has 0 unspecified atom stereocenters. The minimum absolute atomic E-state index is 0.00588. The fourth-order valence-corrected chi connectivity index (χ4v) is 3.50. The molecule has 0 saturated heterocycles. The van der Waals surface area contributed by atoms with Gasteiger partial charge in [-0.05, 0) is 48.9 Å². The molecule has 0 spiro atoms. The Hall–Kier alpha value is -2.25. The van der Waals surface area contributed by atoms with Crippen LogP contribution < -0.4 is 9.46 Å². The van der Waals surface area contributed by atoms with Crippen molar-refractivity contribution in [3.05, 3.63) is 53.1 Å². The van der Waals surface area contributed by atoms with E-state index in [1.165, 1.54) is 49.6 Å². The molecule has 2 rings (SSSR count). The average Bonchev–Trinajstić information content (AvgIpc) is 2.62. The van der Waals surface area contributed by atoms with E-state index in [1.54, 1.807) is 0 Å². The van der Waals surface area contributed by atoms with Gasteiger partial charge < -0.3 is 9.47 Å². The number of hydrogen-bond acceptors (Lipinski definition) is 5. The highest BCUT2D eigenvalue weighted by Crippen LogP contribution is 2.28. The van der Waals surface area contributed by atoms with E-state index in [2.05, 4.69) is 4.72 Å². The summed E-state index contributed by atoms with van der Waals surface area (Å²) in [5.74, 6) is -0.0497. The molecule has 0 aliphatic carbocycles. The van der Waals surface area contributed by atoms with E-state index in [9.17, 15) is 13.2 Å². The highest BCUT2D eigenvalue weighted by atomic mass is 35.5. The maximum absolute atomic E-state index is 12.4. The van der Waals surface area contributed by atoms with Gasteiger partial charge in [0.1, 0.15) is 5.75 Å². The Kier molecular flexibility index (Phi) is 6.88. The van der Waals surface area contributed by atoms with Gasteiger partial charge in [0.15, 0.2) is 0 Å². The molecule has 0 amide bonds. The van der Waals surface area contributed by atoms with Crippen LogP contribution in [0.25, 0.3) is 0 Å². The van der Waals surface area contributed by atoms with Gasteiger partial charge in [-0.2, -0.15) is 0 Å². The van der Waals surface area contributed by atoms with Crippen LogP contribution in [0.4, 0.5) is 5.69 Å². The lowest BCUT2D eigenvalue weighted by molar-refractivity contribution is 0.0500. The third-order valence-electron chi connectivity index (χ3n) is 3.54. The standard InChI is InChI=1S/C18H20ClNO5S/c1-3-4-11-25-18(21)13-5-7-14(8-6-13)20-26(22,23)15-9-10-17(24-2)16(19)12-15/h5-10,12,20H,3-4,11H2,1-2H3. The van der Waals surface area contributed by atoms with Crippen molar-refractivity contribution in [2.45, 2.75) is 24.7 Å². The number of ether oxygens (including phenoxy) is 2. The summed E-state index contributed by atoms with van der Waals surface area (Å²) in [6.45, 7) is 2.37. The fourth-order valence-electron chi connectivity index (χ4n) is 2.10. The Morgan fingerprint density at radius 1 is 1.15 bits per heavy atom. The number of methoxy groups -OCH3 is 1. The molecule has 0 saturated carbocycles. The molecule has 2 aromatic rings. The third-order valence-corrected chi connectivity index (χ3v) is 5.21. The second-order valence-corrected chi connectivity index (χ2v) is 7.56. The quantitative estimate of drug-likeness (QED) is 0.535. The first-order valence-corrected chi connectivity index (χ1v) is 9.87. The Morgan fingerprint density at radius 3 is 2.42 bits per heavy atom. The second-order valence-electron chi connectivity index (χ2n) is 5.47. The van der Waals surface area contributed by atoms with Crippen LogP contribution in [0.2, 0.25) is 5.02 Å². The van der Waals surface area contributed by atoms with Crippen molar-refractivity contribution in [3.63, 3.8) is 0 Å². The van der Waals surface area contributed by atoms with Crippen molar-refractivity contribution in [3.8, 4) is 5.75 Å². The highest BCUT2D eigenvalue weighted by molar-refractivity contribution is 7.92. The molecule has 0 atom stereocenters. The Balaban J connectivity index is 2.10. The van der Waals surface area contributed by atoms with Crippen molar-refractivity contribution >= 4 is 33.3 Å². The molecule has 0 aliphatic heterocycles. The van der Waals surface area contributed by atoms with Gasteiger partial charge in [0.2, 0.25) is 0 Å². The predicted molar refractivity (Wildman–Crippen MR) is 100 cm³/mol. The zero-order chi connectivity index (χ0) is 19.2. The van der Waals surface area contributed by atoms with E-state index in [1.807, 2.05) is 6.92 Å². The topological polar surface area (TPSA) is 81.7 Å². The lowest BCUT2D eigenvalue weighted by atomic mass is 10.2. The number of nitrogens with one attached hydrogen (secondary N) is 1. The second kappa shape index (κ2) is 8.91. The summed E-state index contributed by atoms with van der Waals surface area (Å²) in [4.78, 5) is 11.9. The average molecular weight is 398 g/mol. The smallest absolute Gasteiger partial charge is 0.338 e. The van der Waals surface area contributed by atoms with Crippen LogP contribution in [-0.4, -0.2) is 28.1 Å². The number of rotatable bonds is 8. The van der Waals surface area contributed by atoms with Gasteiger partial charge in [0.05, 0.1) is 29.2 Å². The molecule has 0 fully saturated rings. The van der Waals surface area contributed by atoms with Gasteiger partial charge in [0.25, 0.3) is 10.0 Å². The number of unbranched alkanes of at least 4 members (excludes halogenated alkanes) is 1. The number of halogens is 1. The van der Waals surface area contributed by atoms with Crippen LogP contribution in [0.1, 0.15) is 30.1 Å². The zero-order valence-corrected chi connectivity index (χ0v) is 16.1. The van der Waals surface area contributed by atoms with Crippen molar-refractivity contribution in [2.75, 3.05) is 18.4 Å². The minimum Gasteiger partial charge on any atom is -0.495 e. The van der Waals surface area contributed by atoms with Crippen LogP contribution in [0.5, 0.6) is 5.75 Å². The number of anilines is 1. The van der Waals surface area contributed by atoms with Gasteiger partial charge in [-0.1, -0.05) is 24.9 Å².